The first-order valence-corrected chi connectivity index (χ1v) is 3.70. The van der Waals surface area contributed by atoms with Gasteiger partial charge in [-0.2, -0.15) is 0 Å². The minimum atomic E-state index is 0. The summed E-state index contributed by atoms with van der Waals surface area (Å²) in [6.07, 6.45) is 4.00. The molecular formula is C8H9NaO2. The fourth-order valence-electron chi connectivity index (χ4n) is 1.87. The largest absolute Gasteiger partial charge is 1.00 e. The Kier molecular flexibility index (Phi) is 2.79. The molecule has 2 atom stereocenters. The molecule has 0 amide bonds. The summed E-state index contributed by atoms with van der Waals surface area (Å²) in [6.45, 7) is 0. The molecule has 0 aromatic heterocycles. The van der Waals surface area contributed by atoms with E-state index < -0.39 is 0 Å². The van der Waals surface area contributed by atoms with Crippen LogP contribution < -0.4 is 34.7 Å². The van der Waals surface area contributed by atoms with Crippen molar-refractivity contribution in [3.8, 4) is 0 Å². The van der Waals surface area contributed by atoms with Crippen molar-refractivity contribution >= 4 is 5.78 Å². The molecule has 2 nitrogen and oxygen atoms in total. The van der Waals surface area contributed by atoms with E-state index in [9.17, 15) is 9.90 Å². The van der Waals surface area contributed by atoms with Crippen LogP contribution in [0.15, 0.2) is 11.8 Å². The van der Waals surface area contributed by atoms with Crippen molar-refractivity contribution in [2.24, 2.45) is 11.8 Å². The average Bonchev–Trinajstić information content (AvgIpc) is 2.28. The van der Waals surface area contributed by atoms with E-state index in [1.807, 2.05) is 0 Å². The number of rotatable bonds is 0. The van der Waals surface area contributed by atoms with Crippen LogP contribution in [0, 0.1) is 11.8 Å². The van der Waals surface area contributed by atoms with Crippen LogP contribution in [-0.4, -0.2) is 5.78 Å². The number of hydrogen-bond donors (Lipinski definition) is 0. The quantitative estimate of drug-likeness (QED) is 0.360. The van der Waals surface area contributed by atoms with Gasteiger partial charge in [0.2, 0.25) is 0 Å². The summed E-state index contributed by atoms with van der Waals surface area (Å²) in [7, 11) is 0. The molecule has 0 radical (unpaired) electrons. The second-order valence-corrected chi connectivity index (χ2v) is 3.16. The summed E-state index contributed by atoms with van der Waals surface area (Å²) in [5, 5.41) is 11.0. The van der Waals surface area contributed by atoms with Crippen LogP contribution >= 0.6 is 0 Å². The average molecular weight is 160 g/mol. The van der Waals surface area contributed by atoms with Crippen molar-refractivity contribution in [2.45, 2.75) is 19.3 Å². The van der Waals surface area contributed by atoms with Gasteiger partial charge in [-0.15, -0.1) is 5.76 Å². The van der Waals surface area contributed by atoms with Crippen LogP contribution in [0.5, 0.6) is 0 Å². The maximum Gasteiger partial charge on any atom is 1.00 e. The summed E-state index contributed by atoms with van der Waals surface area (Å²) in [6, 6.07) is 0. The molecule has 0 spiro atoms. The van der Waals surface area contributed by atoms with Crippen LogP contribution in [0.1, 0.15) is 19.3 Å². The Morgan fingerprint density at radius 1 is 1.36 bits per heavy atom. The monoisotopic (exact) mass is 160 g/mol. The van der Waals surface area contributed by atoms with Gasteiger partial charge in [-0.3, -0.25) is 4.79 Å². The molecule has 0 aliphatic heterocycles. The maximum atomic E-state index is 11.0. The van der Waals surface area contributed by atoms with E-state index in [4.69, 9.17) is 0 Å². The van der Waals surface area contributed by atoms with E-state index in [1.54, 1.807) is 0 Å². The van der Waals surface area contributed by atoms with Crippen LogP contribution in [0.2, 0.25) is 0 Å². The second-order valence-electron chi connectivity index (χ2n) is 3.16. The van der Waals surface area contributed by atoms with E-state index in [0.717, 1.165) is 19.3 Å². The van der Waals surface area contributed by atoms with Crippen LogP contribution in [0.25, 0.3) is 0 Å². The third kappa shape index (κ3) is 1.53. The van der Waals surface area contributed by atoms with Crippen LogP contribution in [0.3, 0.4) is 0 Å². The summed E-state index contributed by atoms with van der Waals surface area (Å²) in [5.74, 6) is 0.530. The zero-order valence-electron chi connectivity index (χ0n) is 6.67. The molecule has 2 bridgehead atoms. The zero-order chi connectivity index (χ0) is 7.14. The molecule has 11 heavy (non-hydrogen) atoms. The van der Waals surface area contributed by atoms with Gasteiger partial charge >= 0.3 is 29.6 Å². The van der Waals surface area contributed by atoms with Crippen molar-refractivity contribution in [1.82, 2.24) is 0 Å². The SMILES string of the molecule is O=C1C=C([O-])C2CCC1C2.[Na+]. The van der Waals surface area contributed by atoms with Crippen molar-refractivity contribution in [3.05, 3.63) is 11.8 Å². The zero-order valence-corrected chi connectivity index (χ0v) is 8.67. The van der Waals surface area contributed by atoms with Gasteiger partial charge in [0, 0.05) is 5.92 Å². The van der Waals surface area contributed by atoms with Crippen molar-refractivity contribution in [1.29, 1.82) is 0 Å². The van der Waals surface area contributed by atoms with E-state index in [0.29, 0.717) is 0 Å². The smallest absolute Gasteiger partial charge is 0.875 e. The molecule has 1 fully saturated rings. The fourth-order valence-corrected chi connectivity index (χ4v) is 1.87. The van der Waals surface area contributed by atoms with Crippen LogP contribution in [-0.2, 0) is 4.79 Å². The first-order chi connectivity index (χ1) is 4.77. The van der Waals surface area contributed by atoms with Gasteiger partial charge < -0.3 is 5.11 Å². The first-order valence-electron chi connectivity index (χ1n) is 3.70. The standard InChI is InChI=1S/C8H10O2.Na/c9-7-4-8(10)6-2-1-5(7)3-6;/h4-6,9H,1-3H2;/q;+1/p-1. The van der Waals surface area contributed by atoms with Gasteiger partial charge in [0.15, 0.2) is 5.78 Å². The molecule has 3 heteroatoms. The Balaban J connectivity index is 0.000000605. The van der Waals surface area contributed by atoms with E-state index in [1.165, 1.54) is 6.08 Å². The Labute approximate surface area is 88.0 Å². The Morgan fingerprint density at radius 3 is 2.73 bits per heavy atom. The first kappa shape index (κ1) is 9.30. The molecule has 2 rings (SSSR count). The fraction of sp³-hybridized carbons (Fsp3) is 0.625. The Morgan fingerprint density at radius 2 is 2.00 bits per heavy atom. The van der Waals surface area contributed by atoms with Gasteiger partial charge in [-0.25, -0.2) is 0 Å². The number of carbonyl (C=O) groups excluding carboxylic acids is 1. The minimum absolute atomic E-state index is 0. The number of fused-ring (bicyclic) bond motifs is 2. The molecule has 0 saturated heterocycles. The Hall–Kier alpha value is 0.210. The summed E-state index contributed by atoms with van der Waals surface area (Å²) in [4.78, 5) is 11.0. The van der Waals surface area contributed by atoms with E-state index >= 15 is 0 Å². The van der Waals surface area contributed by atoms with Crippen molar-refractivity contribution in [3.63, 3.8) is 0 Å². The van der Waals surface area contributed by atoms with Gasteiger partial charge in [0.05, 0.1) is 0 Å². The molecule has 0 aromatic rings. The molecule has 54 valence electrons. The predicted octanol–water partition coefficient (Wildman–Crippen LogP) is -2.77. The number of hydrogen-bond acceptors (Lipinski definition) is 2. The third-order valence-electron chi connectivity index (χ3n) is 2.52. The Bertz CT molecular complexity index is 210. The van der Waals surface area contributed by atoms with Gasteiger partial charge in [0.25, 0.3) is 0 Å². The van der Waals surface area contributed by atoms with Crippen molar-refractivity contribution < 1.29 is 39.5 Å². The van der Waals surface area contributed by atoms with Gasteiger partial charge in [-0.05, 0) is 31.3 Å². The molecular weight excluding hydrogens is 151 g/mol. The minimum Gasteiger partial charge on any atom is -0.875 e. The second kappa shape index (κ2) is 3.30. The third-order valence-corrected chi connectivity index (χ3v) is 2.52. The molecule has 2 aliphatic rings. The number of ketones is 1. The molecule has 0 aromatic carbocycles. The van der Waals surface area contributed by atoms with Gasteiger partial charge in [-0.1, -0.05) is 0 Å². The summed E-state index contributed by atoms with van der Waals surface area (Å²) < 4.78 is 0. The topological polar surface area (TPSA) is 40.1 Å². The molecule has 0 heterocycles. The van der Waals surface area contributed by atoms with E-state index in [-0.39, 0.29) is 52.9 Å². The number of allylic oxidation sites excluding steroid dienone is 2. The van der Waals surface area contributed by atoms with Crippen molar-refractivity contribution in [2.75, 3.05) is 0 Å². The molecule has 2 unspecified atom stereocenters. The van der Waals surface area contributed by atoms with Crippen LogP contribution in [0.4, 0.5) is 0 Å². The summed E-state index contributed by atoms with van der Waals surface area (Å²) in [5.41, 5.74) is 0. The summed E-state index contributed by atoms with van der Waals surface area (Å²) >= 11 is 0. The normalized spacial score (nSPS) is 34.5. The number of carbonyl (C=O) groups is 1. The molecule has 2 aliphatic carbocycles. The molecule has 1 saturated carbocycles. The predicted molar refractivity (Wildman–Crippen MR) is 33.9 cm³/mol. The van der Waals surface area contributed by atoms with Gasteiger partial charge in [0.1, 0.15) is 0 Å². The maximum absolute atomic E-state index is 11.0. The van der Waals surface area contributed by atoms with E-state index in [2.05, 4.69) is 0 Å². The molecule has 0 N–H and O–H groups in total.